The van der Waals surface area contributed by atoms with E-state index >= 15 is 0 Å². The Hall–Kier alpha value is -2.34. The SMILES string of the molecule is COc1ccc(-c2cc(C(=O)N3CCN4CCCC[C@@H]4C3)[nH]n2)cc1. The number of hydrogen-bond donors (Lipinski definition) is 1. The topological polar surface area (TPSA) is 61.5 Å². The first-order chi connectivity index (χ1) is 12.2. The Labute approximate surface area is 147 Å². The van der Waals surface area contributed by atoms with E-state index in [9.17, 15) is 4.79 Å². The number of amides is 1. The molecule has 2 aromatic rings. The Balaban J connectivity index is 1.46. The molecule has 0 aliphatic carbocycles. The molecule has 1 aromatic carbocycles. The molecule has 1 N–H and O–H groups in total. The predicted octanol–water partition coefficient (Wildman–Crippen LogP) is 2.40. The van der Waals surface area contributed by atoms with Gasteiger partial charge in [-0.3, -0.25) is 14.8 Å². The minimum absolute atomic E-state index is 0.0532. The van der Waals surface area contributed by atoms with Crippen molar-refractivity contribution in [2.24, 2.45) is 0 Å². The summed E-state index contributed by atoms with van der Waals surface area (Å²) in [4.78, 5) is 17.3. The molecule has 4 rings (SSSR count). The molecule has 2 aliphatic heterocycles. The van der Waals surface area contributed by atoms with Crippen LogP contribution in [0, 0.1) is 0 Å². The number of hydrogen-bond acceptors (Lipinski definition) is 4. The van der Waals surface area contributed by atoms with E-state index in [-0.39, 0.29) is 5.91 Å². The van der Waals surface area contributed by atoms with Crippen LogP contribution in [0.1, 0.15) is 29.8 Å². The van der Waals surface area contributed by atoms with Crippen molar-refractivity contribution in [2.45, 2.75) is 25.3 Å². The molecule has 1 atom stereocenters. The zero-order chi connectivity index (χ0) is 17.2. The van der Waals surface area contributed by atoms with Crippen LogP contribution in [0.2, 0.25) is 0 Å². The molecule has 0 radical (unpaired) electrons. The molecule has 132 valence electrons. The summed E-state index contributed by atoms with van der Waals surface area (Å²) >= 11 is 0. The number of ether oxygens (including phenoxy) is 1. The van der Waals surface area contributed by atoms with E-state index in [4.69, 9.17) is 4.74 Å². The average molecular weight is 340 g/mol. The second-order valence-electron chi connectivity index (χ2n) is 6.83. The van der Waals surface area contributed by atoms with Crippen LogP contribution in [0.15, 0.2) is 30.3 Å². The standard InChI is InChI=1S/C19H24N4O2/c1-25-16-7-5-14(6-8-16)17-12-18(21-20-17)19(24)23-11-10-22-9-3-2-4-15(22)13-23/h5-8,12,15H,2-4,9-11,13H2,1H3,(H,20,21)/t15-/m1/s1. The lowest BCUT2D eigenvalue weighted by molar-refractivity contribution is 0.0368. The summed E-state index contributed by atoms with van der Waals surface area (Å²) in [5.41, 5.74) is 2.31. The summed E-state index contributed by atoms with van der Waals surface area (Å²) in [5.74, 6) is 0.860. The number of piperazine rings is 1. The van der Waals surface area contributed by atoms with Gasteiger partial charge in [0, 0.05) is 31.2 Å². The fourth-order valence-corrected chi connectivity index (χ4v) is 3.85. The minimum atomic E-state index is 0.0532. The van der Waals surface area contributed by atoms with Crippen LogP contribution < -0.4 is 4.74 Å². The van der Waals surface area contributed by atoms with Crippen molar-refractivity contribution < 1.29 is 9.53 Å². The number of nitrogens with zero attached hydrogens (tertiary/aromatic N) is 3. The first kappa shape index (κ1) is 16.1. The van der Waals surface area contributed by atoms with Crippen LogP contribution in [-0.4, -0.2) is 65.2 Å². The van der Waals surface area contributed by atoms with Gasteiger partial charge in [-0.15, -0.1) is 0 Å². The zero-order valence-electron chi connectivity index (χ0n) is 14.6. The molecule has 1 amide bonds. The summed E-state index contributed by atoms with van der Waals surface area (Å²) in [7, 11) is 1.65. The zero-order valence-corrected chi connectivity index (χ0v) is 14.6. The van der Waals surface area contributed by atoms with Gasteiger partial charge in [-0.05, 0) is 49.7 Å². The monoisotopic (exact) mass is 340 g/mol. The number of piperidine rings is 1. The number of carbonyl (C=O) groups is 1. The maximum absolute atomic E-state index is 12.8. The number of rotatable bonds is 3. The first-order valence-electron chi connectivity index (χ1n) is 8.98. The van der Waals surface area contributed by atoms with Gasteiger partial charge in [0.05, 0.1) is 12.8 Å². The van der Waals surface area contributed by atoms with Gasteiger partial charge < -0.3 is 9.64 Å². The van der Waals surface area contributed by atoms with Gasteiger partial charge in [-0.1, -0.05) is 6.42 Å². The number of carbonyl (C=O) groups excluding carboxylic acids is 1. The van der Waals surface area contributed by atoms with Crippen molar-refractivity contribution in [1.29, 1.82) is 0 Å². The summed E-state index contributed by atoms with van der Waals surface area (Å²) in [5, 5.41) is 7.23. The molecular weight excluding hydrogens is 316 g/mol. The van der Waals surface area contributed by atoms with Crippen LogP contribution in [0.25, 0.3) is 11.3 Å². The highest BCUT2D eigenvalue weighted by Crippen LogP contribution is 2.24. The van der Waals surface area contributed by atoms with E-state index in [1.54, 1.807) is 7.11 Å². The van der Waals surface area contributed by atoms with Crippen molar-refractivity contribution in [3.8, 4) is 17.0 Å². The fourth-order valence-electron chi connectivity index (χ4n) is 3.85. The lowest BCUT2D eigenvalue weighted by Crippen LogP contribution is -2.56. The highest BCUT2D eigenvalue weighted by molar-refractivity contribution is 5.93. The molecule has 2 fully saturated rings. The van der Waals surface area contributed by atoms with Crippen molar-refractivity contribution in [2.75, 3.05) is 33.3 Å². The normalized spacial score (nSPS) is 21.0. The van der Waals surface area contributed by atoms with Gasteiger partial charge in [0.25, 0.3) is 5.91 Å². The number of aromatic nitrogens is 2. The third kappa shape index (κ3) is 3.26. The van der Waals surface area contributed by atoms with E-state index in [0.717, 1.165) is 36.6 Å². The van der Waals surface area contributed by atoms with Crippen LogP contribution >= 0.6 is 0 Å². The number of methoxy groups -OCH3 is 1. The molecule has 0 spiro atoms. The maximum atomic E-state index is 12.8. The predicted molar refractivity (Wildman–Crippen MR) is 95.7 cm³/mol. The van der Waals surface area contributed by atoms with E-state index < -0.39 is 0 Å². The summed E-state index contributed by atoms with van der Waals surface area (Å²) < 4.78 is 5.18. The molecule has 2 saturated heterocycles. The highest BCUT2D eigenvalue weighted by atomic mass is 16.5. The van der Waals surface area contributed by atoms with E-state index in [1.165, 1.54) is 25.8 Å². The maximum Gasteiger partial charge on any atom is 0.271 e. The Kier molecular flexibility index (Phi) is 4.44. The van der Waals surface area contributed by atoms with Gasteiger partial charge >= 0.3 is 0 Å². The minimum Gasteiger partial charge on any atom is -0.497 e. The van der Waals surface area contributed by atoms with Crippen LogP contribution in [0.3, 0.4) is 0 Å². The third-order valence-electron chi connectivity index (χ3n) is 5.32. The van der Waals surface area contributed by atoms with Gasteiger partial charge in [-0.25, -0.2) is 0 Å². The Morgan fingerprint density at radius 2 is 2.04 bits per heavy atom. The van der Waals surface area contributed by atoms with Crippen molar-refractivity contribution in [3.05, 3.63) is 36.0 Å². The second-order valence-corrected chi connectivity index (χ2v) is 6.83. The lowest BCUT2D eigenvalue weighted by atomic mass is 9.99. The average Bonchev–Trinajstić information content (AvgIpc) is 3.17. The molecule has 3 heterocycles. The largest absolute Gasteiger partial charge is 0.497 e. The number of H-pyrrole nitrogens is 1. The van der Waals surface area contributed by atoms with Crippen LogP contribution in [0.4, 0.5) is 0 Å². The first-order valence-corrected chi connectivity index (χ1v) is 8.98. The molecule has 0 bridgehead atoms. The van der Waals surface area contributed by atoms with Crippen LogP contribution in [0.5, 0.6) is 5.75 Å². The fraction of sp³-hybridized carbons (Fsp3) is 0.474. The second kappa shape index (κ2) is 6.88. The molecule has 6 nitrogen and oxygen atoms in total. The molecule has 6 heteroatoms. The number of fused-ring (bicyclic) bond motifs is 1. The number of nitrogens with one attached hydrogen (secondary N) is 1. The smallest absolute Gasteiger partial charge is 0.271 e. The van der Waals surface area contributed by atoms with E-state index in [1.807, 2.05) is 35.2 Å². The van der Waals surface area contributed by atoms with E-state index in [2.05, 4.69) is 15.1 Å². The van der Waals surface area contributed by atoms with Crippen molar-refractivity contribution in [1.82, 2.24) is 20.0 Å². The molecule has 1 aromatic heterocycles. The number of aromatic amines is 1. The van der Waals surface area contributed by atoms with Gasteiger partial charge in [-0.2, -0.15) is 5.10 Å². The Morgan fingerprint density at radius 1 is 1.20 bits per heavy atom. The summed E-state index contributed by atoms with van der Waals surface area (Å²) in [6, 6.07) is 10.1. The van der Waals surface area contributed by atoms with Gasteiger partial charge in [0.1, 0.15) is 11.4 Å². The summed E-state index contributed by atoms with van der Waals surface area (Å²) in [6.07, 6.45) is 3.76. The van der Waals surface area contributed by atoms with E-state index in [0.29, 0.717) is 11.7 Å². The lowest BCUT2D eigenvalue weighted by Gasteiger charge is -2.43. The van der Waals surface area contributed by atoms with Gasteiger partial charge in [0.15, 0.2) is 0 Å². The summed E-state index contributed by atoms with van der Waals surface area (Å²) in [6.45, 7) is 3.79. The molecular formula is C19H24N4O2. The van der Waals surface area contributed by atoms with Gasteiger partial charge in [0.2, 0.25) is 0 Å². The molecule has 2 aliphatic rings. The highest BCUT2D eigenvalue weighted by Gasteiger charge is 2.31. The Bertz CT molecular complexity index is 740. The quantitative estimate of drug-likeness (QED) is 0.932. The third-order valence-corrected chi connectivity index (χ3v) is 5.32. The number of benzene rings is 1. The Morgan fingerprint density at radius 3 is 2.84 bits per heavy atom. The molecule has 25 heavy (non-hydrogen) atoms. The van der Waals surface area contributed by atoms with Crippen molar-refractivity contribution in [3.63, 3.8) is 0 Å². The molecule has 0 unspecified atom stereocenters. The van der Waals surface area contributed by atoms with Crippen LogP contribution in [-0.2, 0) is 0 Å². The molecule has 0 saturated carbocycles. The van der Waals surface area contributed by atoms with Crippen molar-refractivity contribution >= 4 is 5.91 Å².